The number of aryl methyl sites for hydroxylation is 2. The molecule has 43 heavy (non-hydrogen) atoms. The number of ketones is 1. The van der Waals surface area contributed by atoms with Crippen molar-refractivity contribution in [3.8, 4) is 23.6 Å². The summed E-state index contributed by atoms with van der Waals surface area (Å²) in [6.07, 6.45) is 11.1. The number of aromatic nitrogens is 6. The number of anilines is 1. The summed E-state index contributed by atoms with van der Waals surface area (Å²) >= 11 is 3.33. The normalized spacial score (nSPS) is 18.0. The first-order valence-corrected chi connectivity index (χ1v) is 14.3. The van der Waals surface area contributed by atoms with E-state index in [9.17, 15) is 14.4 Å². The number of carbonyl (C=O) groups excluding carboxylic acids is 3. The van der Waals surface area contributed by atoms with Crippen molar-refractivity contribution in [3.63, 3.8) is 0 Å². The van der Waals surface area contributed by atoms with E-state index >= 15 is 0 Å². The van der Waals surface area contributed by atoms with Crippen molar-refractivity contribution in [2.24, 2.45) is 5.92 Å². The molecule has 1 aliphatic heterocycles. The Bertz CT molecular complexity index is 1760. The molecule has 1 saturated heterocycles. The molecule has 0 saturated carbocycles. The molecule has 12 nitrogen and oxygen atoms in total. The average molecular weight is 646 g/mol. The minimum Gasteiger partial charge on any atom is -0.384 e. The number of Topliss-reactive ketones (excluding diaryl/α,β-unsaturated/α-hetero) is 1. The van der Waals surface area contributed by atoms with Crippen LogP contribution in [0.5, 0.6) is 0 Å². The van der Waals surface area contributed by atoms with Crippen LogP contribution in [0.25, 0.3) is 22.2 Å². The second-order valence-corrected chi connectivity index (χ2v) is 11.1. The van der Waals surface area contributed by atoms with Gasteiger partial charge in [0.05, 0.1) is 30.1 Å². The number of fused-ring (bicyclic) bond motifs is 1. The maximum atomic E-state index is 14.0. The highest BCUT2D eigenvalue weighted by molar-refractivity contribution is 9.10. The maximum absolute atomic E-state index is 14.0. The van der Waals surface area contributed by atoms with Gasteiger partial charge in [0.15, 0.2) is 5.78 Å². The number of methoxy groups -OCH3 is 1. The zero-order valence-corrected chi connectivity index (χ0v) is 25.6. The molecule has 0 bridgehead atoms. The Morgan fingerprint density at radius 2 is 1.91 bits per heavy atom. The van der Waals surface area contributed by atoms with E-state index in [0.717, 1.165) is 5.56 Å². The number of terminal acetylenes is 1. The second kappa shape index (κ2) is 12.4. The van der Waals surface area contributed by atoms with Gasteiger partial charge >= 0.3 is 0 Å². The first kappa shape index (κ1) is 29.9. The summed E-state index contributed by atoms with van der Waals surface area (Å²) in [7, 11) is 1.55. The molecule has 3 atom stereocenters. The van der Waals surface area contributed by atoms with E-state index in [1.165, 1.54) is 16.5 Å². The molecule has 1 fully saturated rings. The van der Waals surface area contributed by atoms with Crippen LogP contribution in [0.3, 0.4) is 0 Å². The molecule has 0 aliphatic carbocycles. The lowest BCUT2D eigenvalue weighted by Crippen LogP contribution is -2.48. The summed E-state index contributed by atoms with van der Waals surface area (Å²) < 4.78 is 7.35. The smallest absolute Gasteiger partial charge is 0.248 e. The van der Waals surface area contributed by atoms with E-state index in [1.807, 2.05) is 13.0 Å². The molecule has 13 heteroatoms. The van der Waals surface area contributed by atoms with Crippen molar-refractivity contribution in [1.82, 2.24) is 34.6 Å². The summed E-state index contributed by atoms with van der Waals surface area (Å²) in [5, 5.41) is 7.85. The van der Waals surface area contributed by atoms with Gasteiger partial charge in [-0.05, 0) is 53.9 Å². The number of nitrogens with one attached hydrogen (secondary N) is 1. The Balaban J connectivity index is 1.48. The number of hydrogen-bond acceptors (Lipinski definition) is 9. The first-order valence-electron chi connectivity index (χ1n) is 13.5. The van der Waals surface area contributed by atoms with Gasteiger partial charge in [0, 0.05) is 43.3 Å². The predicted octanol–water partition coefficient (Wildman–Crippen LogP) is 3.37. The number of ether oxygens (including phenoxy) is 1. The van der Waals surface area contributed by atoms with E-state index in [-0.39, 0.29) is 30.5 Å². The van der Waals surface area contributed by atoms with Gasteiger partial charge in [-0.1, -0.05) is 12.0 Å². The molecule has 2 amide bonds. The molecule has 4 aromatic rings. The highest BCUT2D eigenvalue weighted by Gasteiger charge is 2.46. The number of rotatable bonds is 8. The molecule has 1 N–H and O–H groups in total. The third kappa shape index (κ3) is 6.02. The molecule has 0 aromatic carbocycles. The number of nitrogens with zero attached hydrogens (tertiary/aromatic N) is 7. The first-order chi connectivity index (χ1) is 20.6. The average Bonchev–Trinajstić information content (AvgIpc) is 3.53. The van der Waals surface area contributed by atoms with E-state index in [4.69, 9.17) is 11.2 Å². The monoisotopic (exact) mass is 644 g/mol. The number of carbonyl (C=O) groups is 3. The molecule has 4 aromatic heterocycles. The lowest BCUT2D eigenvalue weighted by atomic mass is 10.0. The largest absolute Gasteiger partial charge is 0.384 e. The molecule has 1 aliphatic rings. The Morgan fingerprint density at radius 1 is 1.16 bits per heavy atom. The van der Waals surface area contributed by atoms with Crippen molar-refractivity contribution in [3.05, 3.63) is 58.5 Å². The Kier molecular flexibility index (Phi) is 8.61. The fourth-order valence-corrected chi connectivity index (χ4v) is 5.59. The van der Waals surface area contributed by atoms with Gasteiger partial charge in [-0.15, -0.1) is 6.42 Å². The molecule has 0 unspecified atom stereocenters. The van der Waals surface area contributed by atoms with Crippen LogP contribution >= 0.6 is 15.9 Å². The highest BCUT2D eigenvalue weighted by Crippen LogP contribution is 2.32. The third-order valence-corrected chi connectivity index (χ3v) is 7.83. The van der Waals surface area contributed by atoms with E-state index in [1.54, 1.807) is 44.8 Å². The van der Waals surface area contributed by atoms with Gasteiger partial charge in [0.1, 0.15) is 34.5 Å². The van der Waals surface area contributed by atoms with Gasteiger partial charge in [0.2, 0.25) is 11.8 Å². The summed E-state index contributed by atoms with van der Waals surface area (Å²) in [5.41, 5.74) is 2.67. The van der Waals surface area contributed by atoms with Gasteiger partial charge in [-0.25, -0.2) is 15.0 Å². The minimum atomic E-state index is -0.880. The molecule has 0 spiro atoms. The number of hydrogen-bond donors (Lipinski definition) is 1. The van der Waals surface area contributed by atoms with Crippen LogP contribution in [0, 0.1) is 32.1 Å². The molecule has 220 valence electrons. The fraction of sp³-hybridized carbons (Fsp3) is 0.333. The second-order valence-electron chi connectivity index (χ2n) is 10.3. The fourth-order valence-electron chi connectivity index (χ4n) is 5.28. The van der Waals surface area contributed by atoms with Crippen molar-refractivity contribution >= 4 is 50.2 Å². The summed E-state index contributed by atoms with van der Waals surface area (Å²) in [6, 6.07) is 3.75. The molecule has 5 rings (SSSR count). The van der Waals surface area contributed by atoms with Crippen LogP contribution in [-0.4, -0.2) is 78.0 Å². The molecule has 0 radical (unpaired) electrons. The van der Waals surface area contributed by atoms with Crippen molar-refractivity contribution < 1.29 is 19.1 Å². The van der Waals surface area contributed by atoms with Gasteiger partial charge in [0.25, 0.3) is 0 Å². The van der Waals surface area contributed by atoms with Gasteiger partial charge < -0.3 is 15.0 Å². The maximum Gasteiger partial charge on any atom is 0.248 e. The van der Waals surface area contributed by atoms with Gasteiger partial charge in [-0.2, -0.15) is 5.10 Å². The Morgan fingerprint density at radius 3 is 2.58 bits per heavy atom. The molecular formula is C30H29BrN8O4. The standard InChI is InChI=1S/C30H29BrN8O4/c1-6-23-19(15-43-5)9-24(30(42)36-29-16(2)7-8-26(31)35-29)39(23)27(41)14-38-25-13-34-22(20-11-32-18(4)33-12-20)10-21(25)28(37-38)17(3)40/h1,7-8,10-13,19,23-24H,9,14-15H2,2-5H3,(H,35,36,42)/t19-,23-,24+/m1/s1. The van der Waals surface area contributed by atoms with Crippen LogP contribution in [0.4, 0.5) is 5.82 Å². The summed E-state index contributed by atoms with van der Waals surface area (Å²) in [6.45, 7) is 5.01. The van der Waals surface area contributed by atoms with Crippen molar-refractivity contribution in [2.75, 3.05) is 19.0 Å². The highest BCUT2D eigenvalue weighted by atomic mass is 79.9. The molecule has 5 heterocycles. The molecular weight excluding hydrogens is 616 g/mol. The Hall–Kier alpha value is -4.54. The predicted molar refractivity (Wildman–Crippen MR) is 162 cm³/mol. The zero-order chi connectivity index (χ0) is 30.8. The number of halogens is 1. The number of amides is 2. The van der Waals surface area contributed by atoms with E-state index < -0.39 is 23.9 Å². The van der Waals surface area contributed by atoms with Crippen LogP contribution < -0.4 is 5.32 Å². The summed E-state index contributed by atoms with van der Waals surface area (Å²) in [4.78, 5) is 58.9. The topological polar surface area (TPSA) is 145 Å². The number of likely N-dealkylation sites (tertiary alicyclic amines) is 1. The SMILES string of the molecule is C#C[C@@H]1[C@@H](COC)C[C@@H](C(=O)Nc2nc(Br)ccc2C)N1C(=O)Cn1nc(C(C)=O)c2cc(-c3cnc(C)nc3)ncc21. The lowest BCUT2D eigenvalue weighted by molar-refractivity contribution is -0.138. The van der Waals surface area contributed by atoms with Crippen LogP contribution in [-0.2, 0) is 20.9 Å². The van der Waals surface area contributed by atoms with E-state index in [0.29, 0.717) is 44.8 Å². The van der Waals surface area contributed by atoms with Crippen LogP contribution in [0.2, 0.25) is 0 Å². The van der Waals surface area contributed by atoms with Crippen molar-refractivity contribution in [1.29, 1.82) is 0 Å². The van der Waals surface area contributed by atoms with E-state index in [2.05, 4.69) is 52.2 Å². The minimum absolute atomic E-state index is 0.192. The van der Waals surface area contributed by atoms with Gasteiger partial charge in [-0.3, -0.25) is 24.0 Å². The Labute approximate surface area is 256 Å². The number of pyridine rings is 2. The summed E-state index contributed by atoms with van der Waals surface area (Å²) in [5.74, 6) is 2.30. The van der Waals surface area contributed by atoms with Crippen LogP contribution in [0.1, 0.15) is 35.2 Å². The van der Waals surface area contributed by atoms with Crippen molar-refractivity contribution in [2.45, 2.75) is 45.8 Å². The quantitative estimate of drug-likeness (QED) is 0.173. The lowest BCUT2D eigenvalue weighted by Gasteiger charge is -2.28. The van der Waals surface area contributed by atoms with Crippen LogP contribution in [0.15, 0.2) is 41.4 Å². The zero-order valence-electron chi connectivity index (χ0n) is 24.0. The third-order valence-electron chi connectivity index (χ3n) is 7.39.